The van der Waals surface area contributed by atoms with Crippen molar-refractivity contribution in [1.82, 2.24) is 10.2 Å². The van der Waals surface area contributed by atoms with E-state index in [1.54, 1.807) is 0 Å². The molecule has 2 rings (SSSR count). The first-order chi connectivity index (χ1) is 6.67. The minimum absolute atomic E-state index is 0.146. The Bertz CT molecular complexity index is 239. The maximum absolute atomic E-state index is 12.0. The number of nitrogens with one attached hydrogen (secondary N) is 1. The fourth-order valence-electron chi connectivity index (χ4n) is 3.03. The second-order valence-electron chi connectivity index (χ2n) is 4.78. The number of carbonyl (C=O) groups is 1. The van der Waals surface area contributed by atoms with Crippen molar-refractivity contribution in [3.63, 3.8) is 0 Å². The quantitative estimate of drug-likeness (QED) is 0.682. The van der Waals surface area contributed by atoms with Crippen molar-refractivity contribution < 1.29 is 4.79 Å². The minimum Gasteiger partial charge on any atom is -0.354 e. The Balaban J connectivity index is 2.22. The zero-order valence-electron chi connectivity index (χ0n) is 9.18. The van der Waals surface area contributed by atoms with E-state index in [0.717, 1.165) is 32.4 Å². The molecule has 0 saturated carbocycles. The maximum Gasteiger partial charge on any atom is 0.240 e. The molecule has 2 saturated heterocycles. The predicted octanol–water partition coefficient (Wildman–Crippen LogP) is 1.14. The maximum atomic E-state index is 12.0. The van der Waals surface area contributed by atoms with Crippen molar-refractivity contribution in [2.24, 2.45) is 0 Å². The summed E-state index contributed by atoms with van der Waals surface area (Å²) in [6, 6.07) is 0.487. The summed E-state index contributed by atoms with van der Waals surface area (Å²) < 4.78 is 0. The highest BCUT2D eigenvalue weighted by Crippen LogP contribution is 2.36. The molecule has 0 aromatic rings. The molecule has 0 radical (unpaired) electrons. The Kier molecular flexibility index (Phi) is 2.52. The summed E-state index contributed by atoms with van der Waals surface area (Å²) in [6.45, 7) is 6.33. The van der Waals surface area contributed by atoms with Gasteiger partial charge >= 0.3 is 0 Å². The summed E-state index contributed by atoms with van der Waals surface area (Å²) >= 11 is 0. The standard InChI is InChI=1S/C11H20N2O/c1-9(2)13-8-4-6-11(13)5-3-7-12-10(11)14/h9H,3-8H2,1-2H3,(H,12,14). The molecule has 2 aliphatic heterocycles. The van der Waals surface area contributed by atoms with Gasteiger partial charge in [0.05, 0.1) is 0 Å². The third-order valence-electron chi connectivity index (χ3n) is 3.64. The molecule has 0 bridgehead atoms. The van der Waals surface area contributed by atoms with Crippen LogP contribution in [0.5, 0.6) is 0 Å². The number of piperidine rings is 1. The van der Waals surface area contributed by atoms with Gasteiger partial charge in [-0.2, -0.15) is 0 Å². The summed E-state index contributed by atoms with van der Waals surface area (Å²) in [5, 5.41) is 3.02. The molecule has 3 nitrogen and oxygen atoms in total. The van der Waals surface area contributed by atoms with Gasteiger partial charge in [-0.05, 0) is 46.1 Å². The lowest BCUT2D eigenvalue weighted by molar-refractivity contribution is -0.135. The summed E-state index contributed by atoms with van der Waals surface area (Å²) in [4.78, 5) is 14.4. The molecule has 3 heteroatoms. The molecule has 1 amide bonds. The van der Waals surface area contributed by atoms with Gasteiger partial charge in [-0.1, -0.05) is 0 Å². The summed E-state index contributed by atoms with van der Waals surface area (Å²) in [7, 11) is 0. The van der Waals surface area contributed by atoms with Crippen LogP contribution in [0.2, 0.25) is 0 Å². The number of carbonyl (C=O) groups excluding carboxylic acids is 1. The first-order valence-corrected chi connectivity index (χ1v) is 5.72. The smallest absolute Gasteiger partial charge is 0.240 e. The molecule has 2 aliphatic rings. The van der Waals surface area contributed by atoms with Gasteiger partial charge in [0.1, 0.15) is 5.54 Å². The molecule has 0 aromatic carbocycles. The van der Waals surface area contributed by atoms with E-state index in [1.807, 2.05) is 0 Å². The molecule has 1 spiro atoms. The van der Waals surface area contributed by atoms with E-state index >= 15 is 0 Å². The monoisotopic (exact) mass is 196 g/mol. The molecule has 0 aromatic heterocycles. The molecule has 80 valence electrons. The van der Waals surface area contributed by atoms with Crippen LogP contribution in [0.15, 0.2) is 0 Å². The third kappa shape index (κ3) is 1.34. The van der Waals surface area contributed by atoms with E-state index < -0.39 is 0 Å². The SMILES string of the molecule is CC(C)N1CCCC12CCCNC2=O. The average molecular weight is 196 g/mol. The van der Waals surface area contributed by atoms with Crippen LogP contribution >= 0.6 is 0 Å². The van der Waals surface area contributed by atoms with Crippen LogP contribution in [-0.4, -0.2) is 35.5 Å². The molecule has 2 heterocycles. The molecule has 0 aliphatic carbocycles. The van der Waals surface area contributed by atoms with E-state index in [4.69, 9.17) is 0 Å². The predicted molar refractivity (Wildman–Crippen MR) is 56.1 cm³/mol. The molecule has 1 N–H and O–H groups in total. The van der Waals surface area contributed by atoms with Crippen LogP contribution in [0, 0.1) is 0 Å². The minimum atomic E-state index is -0.146. The largest absolute Gasteiger partial charge is 0.354 e. The van der Waals surface area contributed by atoms with Gasteiger partial charge in [0, 0.05) is 12.6 Å². The normalized spacial score (nSPS) is 34.1. The van der Waals surface area contributed by atoms with Crippen LogP contribution in [0.3, 0.4) is 0 Å². The van der Waals surface area contributed by atoms with E-state index in [-0.39, 0.29) is 11.4 Å². The number of likely N-dealkylation sites (tertiary alicyclic amines) is 1. The van der Waals surface area contributed by atoms with Crippen LogP contribution in [0.1, 0.15) is 39.5 Å². The number of hydrogen-bond acceptors (Lipinski definition) is 2. The fourth-order valence-corrected chi connectivity index (χ4v) is 3.03. The molecule has 1 unspecified atom stereocenters. The van der Waals surface area contributed by atoms with Crippen molar-refractivity contribution in [3.05, 3.63) is 0 Å². The highest BCUT2D eigenvalue weighted by Gasteiger charge is 2.48. The van der Waals surface area contributed by atoms with E-state index in [1.165, 1.54) is 6.42 Å². The summed E-state index contributed by atoms with van der Waals surface area (Å²) in [5.41, 5.74) is -0.146. The van der Waals surface area contributed by atoms with Crippen LogP contribution in [0.25, 0.3) is 0 Å². The second-order valence-corrected chi connectivity index (χ2v) is 4.78. The van der Waals surface area contributed by atoms with Crippen molar-refractivity contribution in [3.8, 4) is 0 Å². The van der Waals surface area contributed by atoms with Gasteiger partial charge < -0.3 is 5.32 Å². The molecule has 14 heavy (non-hydrogen) atoms. The number of amides is 1. The molecular formula is C11H20N2O. The summed E-state index contributed by atoms with van der Waals surface area (Å²) in [5.74, 6) is 0.273. The number of nitrogens with zero attached hydrogens (tertiary/aromatic N) is 1. The van der Waals surface area contributed by atoms with Gasteiger partial charge in [-0.25, -0.2) is 0 Å². The summed E-state index contributed by atoms with van der Waals surface area (Å²) in [6.07, 6.45) is 4.41. The average Bonchev–Trinajstić information content (AvgIpc) is 2.55. The highest BCUT2D eigenvalue weighted by atomic mass is 16.2. The lowest BCUT2D eigenvalue weighted by atomic mass is 9.86. The van der Waals surface area contributed by atoms with Crippen molar-refractivity contribution in [2.45, 2.75) is 51.1 Å². The Morgan fingerprint density at radius 3 is 2.71 bits per heavy atom. The number of rotatable bonds is 1. The van der Waals surface area contributed by atoms with Crippen molar-refractivity contribution in [2.75, 3.05) is 13.1 Å². The first kappa shape index (κ1) is 9.97. The van der Waals surface area contributed by atoms with E-state index in [9.17, 15) is 4.79 Å². The Morgan fingerprint density at radius 2 is 2.07 bits per heavy atom. The zero-order valence-corrected chi connectivity index (χ0v) is 9.18. The zero-order chi connectivity index (χ0) is 10.2. The topological polar surface area (TPSA) is 32.3 Å². The van der Waals surface area contributed by atoms with Crippen molar-refractivity contribution in [1.29, 1.82) is 0 Å². The van der Waals surface area contributed by atoms with E-state index in [2.05, 4.69) is 24.1 Å². The van der Waals surface area contributed by atoms with Gasteiger partial charge in [0.25, 0.3) is 0 Å². The Labute approximate surface area is 85.8 Å². The van der Waals surface area contributed by atoms with Gasteiger partial charge in [-0.15, -0.1) is 0 Å². The fraction of sp³-hybridized carbons (Fsp3) is 0.909. The van der Waals surface area contributed by atoms with Crippen LogP contribution in [-0.2, 0) is 4.79 Å². The highest BCUT2D eigenvalue weighted by molar-refractivity contribution is 5.87. The molecule has 1 atom stereocenters. The molecular weight excluding hydrogens is 176 g/mol. The molecule has 2 fully saturated rings. The second kappa shape index (κ2) is 3.54. The lowest BCUT2D eigenvalue weighted by Crippen LogP contribution is -2.60. The lowest BCUT2D eigenvalue weighted by Gasteiger charge is -2.42. The van der Waals surface area contributed by atoms with Gasteiger partial charge in [0.15, 0.2) is 0 Å². The Morgan fingerprint density at radius 1 is 1.36 bits per heavy atom. The van der Waals surface area contributed by atoms with Crippen molar-refractivity contribution >= 4 is 5.91 Å². The first-order valence-electron chi connectivity index (χ1n) is 5.72. The van der Waals surface area contributed by atoms with Gasteiger partial charge in [0.2, 0.25) is 5.91 Å². The van der Waals surface area contributed by atoms with Crippen LogP contribution in [0.4, 0.5) is 0 Å². The van der Waals surface area contributed by atoms with E-state index in [0.29, 0.717) is 6.04 Å². The number of hydrogen-bond donors (Lipinski definition) is 1. The third-order valence-corrected chi connectivity index (χ3v) is 3.64. The Hall–Kier alpha value is -0.570. The van der Waals surface area contributed by atoms with Gasteiger partial charge in [-0.3, -0.25) is 9.69 Å². The van der Waals surface area contributed by atoms with Crippen LogP contribution < -0.4 is 5.32 Å².